The number of hydrogen-bond donors (Lipinski definition) is 2. The van der Waals surface area contributed by atoms with Crippen molar-refractivity contribution in [1.82, 2.24) is 10.6 Å². The first-order chi connectivity index (χ1) is 7.35. The lowest BCUT2D eigenvalue weighted by Gasteiger charge is -2.17. The summed E-state index contributed by atoms with van der Waals surface area (Å²) in [6.45, 7) is 1.35. The zero-order chi connectivity index (χ0) is 10.7. The van der Waals surface area contributed by atoms with Gasteiger partial charge in [-0.1, -0.05) is 0 Å². The lowest BCUT2D eigenvalue weighted by atomic mass is 10.0. The van der Waals surface area contributed by atoms with Gasteiger partial charge in [0.15, 0.2) is 6.29 Å². The van der Waals surface area contributed by atoms with Crippen LogP contribution in [0.25, 0.3) is 0 Å². The lowest BCUT2D eigenvalue weighted by Crippen LogP contribution is -2.45. The average Bonchev–Trinajstić information content (AvgIpc) is 2.81. The maximum absolute atomic E-state index is 8.46. The van der Waals surface area contributed by atoms with Crippen LogP contribution in [-0.2, 0) is 9.47 Å². The van der Waals surface area contributed by atoms with Crippen LogP contribution in [0.1, 0.15) is 6.42 Å². The highest BCUT2D eigenvalue weighted by molar-refractivity contribution is 5.80. The van der Waals surface area contributed by atoms with Gasteiger partial charge in [0.25, 0.3) is 0 Å². The standard InChI is InChI=1S/C9H14N4O2/c1-11-9(12-5-10)13-7-4-15-8-6(7)2-3-14-8/h6-8H,2-4H2,1H3,(H2,11,12,13)/t6-,7+,8+/m0/s1. The Balaban J connectivity index is 1.95. The summed E-state index contributed by atoms with van der Waals surface area (Å²) in [5.41, 5.74) is 0. The number of rotatable bonds is 1. The third-order valence-corrected chi connectivity index (χ3v) is 2.76. The van der Waals surface area contributed by atoms with Crippen LogP contribution >= 0.6 is 0 Å². The van der Waals surface area contributed by atoms with Crippen LogP contribution in [0, 0.1) is 17.4 Å². The Hall–Kier alpha value is -1.32. The number of ether oxygens (including phenoxy) is 2. The number of guanidine groups is 1. The van der Waals surface area contributed by atoms with Crippen LogP contribution in [0.3, 0.4) is 0 Å². The number of hydrogen-bond acceptors (Lipinski definition) is 4. The molecule has 0 spiro atoms. The van der Waals surface area contributed by atoms with E-state index in [1.807, 2.05) is 0 Å². The minimum Gasteiger partial charge on any atom is -0.359 e. The predicted molar refractivity (Wildman–Crippen MR) is 52.8 cm³/mol. The average molecular weight is 210 g/mol. The van der Waals surface area contributed by atoms with E-state index in [2.05, 4.69) is 15.6 Å². The van der Waals surface area contributed by atoms with Gasteiger partial charge < -0.3 is 20.1 Å². The third-order valence-electron chi connectivity index (χ3n) is 2.76. The van der Waals surface area contributed by atoms with Crippen LogP contribution < -0.4 is 10.6 Å². The lowest BCUT2D eigenvalue weighted by molar-refractivity contribution is -0.0905. The monoisotopic (exact) mass is 210 g/mol. The molecule has 0 amide bonds. The van der Waals surface area contributed by atoms with Crippen molar-refractivity contribution in [3.8, 4) is 6.19 Å². The van der Waals surface area contributed by atoms with Gasteiger partial charge in [-0.05, 0) is 6.42 Å². The summed E-state index contributed by atoms with van der Waals surface area (Å²) in [6, 6.07) is 0.178. The van der Waals surface area contributed by atoms with Crippen molar-refractivity contribution < 1.29 is 9.47 Å². The Morgan fingerprint density at radius 2 is 2.40 bits per heavy atom. The highest BCUT2D eigenvalue weighted by atomic mass is 16.7. The normalized spacial score (nSPS) is 34.7. The van der Waals surface area contributed by atoms with Crippen molar-refractivity contribution >= 4 is 5.96 Å². The summed E-state index contributed by atoms with van der Waals surface area (Å²) in [6.07, 6.45) is 2.65. The SMILES string of the molecule is CN/C(=N\C#N)N[C@@H]1CO[C@H]2OCC[C@H]21. The van der Waals surface area contributed by atoms with Gasteiger partial charge in [-0.3, -0.25) is 0 Å². The molecule has 2 aliphatic heterocycles. The molecule has 6 heteroatoms. The second kappa shape index (κ2) is 4.47. The van der Waals surface area contributed by atoms with E-state index in [9.17, 15) is 0 Å². The summed E-state index contributed by atoms with van der Waals surface area (Å²) in [7, 11) is 1.72. The van der Waals surface area contributed by atoms with Gasteiger partial charge >= 0.3 is 0 Å². The smallest absolute Gasteiger partial charge is 0.209 e. The van der Waals surface area contributed by atoms with Crippen LogP contribution in [0.2, 0.25) is 0 Å². The van der Waals surface area contributed by atoms with E-state index in [4.69, 9.17) is 14.7 Å². The quantitative estimate of drug-likeness (QED) is 0.343. The topological polar surface area (TPSA) is 78.7 Å². The maximum atomic E-state index is 8.46. The van der Waals surface area contributed by atoms with E-state index in [0.29, 0.717) is 18.5 Å². The van der Waals surface area contributed by atoms with Crippen LogP contribution in [0.5, 0.6) is 0 Å². The first-order valence-electron chi connectivity index (χ1n) is 4.99. The van der Waals surface area contributed by atoms with Crippen LogP contribution in [0.4, 0.5) is 0 Å². The number of aliphatic imine (C=N–C) groups is 1. The van der Waals surface area contributed by atoms with Crippen molar-refractivity contribution in [3.63, 3.8) is 0 Å². The molecule has 82 valence electrons. The fourth-order valence-electron chi connectivity index (χ4n) is 2.00. The molecule has 2 rings (SSSR count). The fourth-order valence-corrected chi connectivity index (χ4v) is 2.00. The molecule has 0 radical (unpaired) electrons. The van der Waals surface area contributed by atoms with Crippen molar-refractivity contribution in [1.29, 1.82) is 5.26 Å². The van der Waals surface area contributed by atoms with Crippen LogP contribution in [0.15, 0.2) is 4.99 Å². The number of fused-ring (bicyclic) bond motifs is 1. The Kier molecular flexibility index (Phi) is 3.04. The highest BCUT2D eigenvalue weighted by Gasteiger charge is 2.41. The maximum Gasteiger partial charge on any atom is 0.209 e. The predicted octanol–water partition coefficient (Wildman–Crippen LogP) is -0.606. The van der Waals surface area contributed by atoms with Crippen molar-refractivity contribution in [3.05, 3.63) is 0 Å². The molecule has 15 heavy (non-hydrogen) atoms. The molecule has 6 nitrogen and oxygen atoms in total. The highest BCUT2D eigenvalue weighted by Crippen LogP contribution is 2.30. The number of nitrogens with zero attached hydrogens (tertiary/aromatic N) is 2. The summed E-state index contributed by atoms with van der Waals surface area (Å²) < 4.78 is 10.9. The van der Waals surface area contributed by atoms with E-state index in [-0.39, 0.29) is 12.3 Å². The fraction of sp³-hybridized carbons (Fsp3) is 0.778. The zero-order valence-corrected chi connectivity index (χ0v) is 8.56. The van der Waals surface area contributed by atoms with E-state index in [1.54, 1.807) is 13.2 Å². The molecule has 0 aliphatic carbocycles. The van der Waals surface area contributed by atoms with Gasteiger partial charge in [0.2, 0.25) is 12.2 Å². The van der Waals surface area contributed by atoms with Crippen molar-refractivity contribution in [2.24, 2.45) is 10.9 Å². The molecule has 3 atom stereocenters. The summed E-state index contributed by atoms with van der Waals surface area (Å²) in [5.74, 6) is 0.848. The minimum atomic E-state index is -0.0808. The largest absolute Gasteiger partial charge is 0.359 e. The van der Waals surface area contributed by atoms with Crippen molar-refractivity contribution in [2.75, 3.05) is 20.3 Å². The summed E-state index contributed by atoms with van der Waals surface area (Å²) in [5, 5.41) is 14.4. The zero-order valence-electron chi connectivity index (χ0n) is 8.56. The molecule has 0 bridgehead atoms. The number of nitrogens with one attached hydrogen (secondary N) is 2. The Morgan fingerprint density at radius 3 is 3.13 bits per heavy atom. The van der Waals surface area contributed by atoms with Crippen LogP contribution in [-0.4, -0.2) is 38.6 Å². The second-order valence-electron chi connectivity index (χ2n) is 3.59. The van der Waals surface area contributed by atoms with Gasteiger partial charge in [0.05, 0.1) is 19.3 Å². The Morgan fingerprint density at radius 1 is 1.53 bits per heavy atom. The third kappa shape index (κ3) is 2.03. The molecule has 2 fully saturated rings. The first kappa shape index (κ1) is 10.2. The van der Waals surface area contributed by atoms with Gasteiger partial charge in [0.1, 0.15) is 0 Å². The molecule has 0 aromatic heterocycles. The minimum absolute atomic E-state index is 0.0808. The number of nitriles is 1. The molecule has 2 heterocycles. The summed E-state index contributed by atoms with van der Waals surface area (Å²) >= 11 is 0. The Labute approximate surface area is 88.3 Å². The first-order valence-corrected chi connectivity index (χ1v) is 4.99. The van der Waals surface area contributed by atoms with Gasteiger partial charge in [-0.15, -0.1) is 4.99 Å². The van der Waals surface area contributed by atoms with Gasteiger partial charge in [0, 0.05) is 13.0 Å². The van der Waals surface area contributed by atoms with E-state index < -0.39 is 0 Å². The van der Waals surface area contributed by atoms with Gasteiger partial charge in [-0.2, -0.15) is 5.26 Å². The second-order valence-corrected chi connectivity index (χ2v) is 3.59. The van der Waals surface area contributed by atoms with E-state index in [0.717, 1.165) is 13.0 Å². The van der Waals surface area contributed by atoms with E-state index in [1.165, 1.54) is 0 Å². The Bertz CT molecular complexity index is 299. The molecule has 0 aromatic rings. The van der Waals surface area contributed by atoms with Gasteiger partial charge in [-0.25, -0.2) is 0 Å². The molecule has 2 aliphatic rings. The molecular formula is C9H14N4O2. The molecule has 0 unspecified atom stereocenters. The molecule has 2 saturated heterocycles. The molecular weight excluding hydrogens is 196 g/mol. The van der Waals surface area contributed by atoms with Crippen molar-refractivity contribution in [2.45, 2.75) is 18.8 Å². The molecule has 2 N–H and O–H groups in total. The summed E-state index contributed by atoms with van der Waals surface area (Å²) in [4.78, 5) is 3.62. The molecule has 0 saturated carbocycles. The molecule has 0 aromatic carbocycles. The van der Waals surface area contributed by atoms with E-state index >= 15 is 0 Å².